The number of carbonyl (C=O) groups is 2. The quantitative estimate of drug-likeness (QED) is 0.344. The van der Waals surface area contributed by atoms with Gasteiger partial charge in [-0.15, -0.1) is 0 Å². The molecule has 0 radical (unpaired) electrons. The van der Waals surface area contributed by atoms with Crippen LogP contribution in [-0.2, 0) is 14.2 Å². The van der Waals surface area contributed by atoms with Gasteiger partial charge in [-0.05, 0) is 30.2 Å². The van der Waals surface area contributed by atoms with E-state index in [1.165, 1.54) is 0 Å². The summed E-state index contributed by atoms with van der Waals surface area (Å²) in [6, 6.07) is -1.47. The van der Waals surface area contributed by atoms with E-state index in [0.717, 1.165) is 32.1 Å². The summed E-state index contributed by atoms with van der Waals surface area (Å²) in [6.07, 6.45) is 4.33. The lowest BCUT2D eigenvalue weighted by molar-refractivity contribution is -0.129. The third-order valence-electron chi connectivity index (χ3n) is 5.28. The molecule has 0 aliphatic heterocycles. The second-order valence-electron chi connectivity index (χ2n) is 7.90. The molecule has 2 unspecified atom stereocenters. The molecule has 0 heterocycles. The second kappa shape index (κ2) is 11.7. The van der Waals surface area contributed by atoms with Crippen LogP contribution in [0, 0.1) is 11.8 Å². The molecule has 156 valence electrons. The molecular weight excluding hydrogens is 369 g/mol. The summed E-state index contributed by atoms with van der Waals surface area (Å²) in [5.74, 6) is -0.725. The van der Waals surface area contributed by atoms with Crippen LogP contribution in [0.25, 0.3) is 0 Å². The first kappa shape index (κ1) is 24.0. The molecule has 0 saturated heterocycles. The fourth-order valence-corrected chi connectivity index (χ4v) is 4.48. The molecule has 1 aliphatic carbocycles. The standard InChI is InChI=1S/C18H34N3O5P/c1-11(2)16(19)18(24)21-12(3)17(23)20-10-14(22)9-15(27(25)26)13-7-5-4-6-8-13/h11-16,22H,4-10,19H2,1-3H3,(H2-,20,21,23,24,25,26)/p+1/t12-,14-,15?,16+/m1/s1. The van der Waals surface area contributed by atoms with Crippen LogP contribution >= 0.6 is 8.03 Å². The predicted molar refractivity (Wildman–Crippen MR) is 104 cm³/mol. The van der Waals surface area contributed by atoms with Crippen molar-refractivity contribution in [2.75, 3.05) is 6.54 Å². The van der Waals surface area contributed by atoms with E-state index in [1.54, 1.807) is 6.92 Å². The fourth-order valence-electron chi connectivity index (χ4n) is 3.39. The lowest BCUT2D eigenvalue weighted by atomic mass is 9.85. The van der Waals surface area contributed by atoms with Crippen molar-refractivity contribution < 1.29 is 24.2 Å². The minimum atomic E-state index is -2.38. The largest absolute Gasteiger partial charge is 0.509 e. The highest BCUT2D eigenvalue weighted by Crippen LogP contribution is 2.40. The van der Waals surface area contributed by atoms with E-state index in [-0.39, 0.29) is 24.8 Å². The predicted octanol–water partition coefficient (Wildman–Crippen LogP) is 1.03. The van der Waals surface area contributed by atoms with Crippen molar-refractivity contribution in [3.63, 3.8) is 0 Å². The average molecular weight is 404 g/mol. The van der Waals surface area contributed by atoms with Crippen LogP contribution in [0.3, 0.4) is 0 Å². The van der Waals surface area contributed by atoms with E-state index in [4.69, 9.17) is 5.73 Å². The molecule has 0 aromatic carbocycles. The van der Waals surface area contributed by atoms with Gasteiger partial charge < -0.3 is 21.5 Å². The lowest BCUT2D eigenvalue weighted by Gasteiger charge is -2.24. The molecule has 1 rings (SSSR count). The van der Waals surface area contributed by atoms with Crippen molar-refractivity contribution in [2.24, 2.45) is 17.6 Å². The zero-order valence-electron chi connectivity index (χ0n) is 16.6. The van der Waals surface area contributed by atoms with E-state index < -0.39 is 43.7 Å². The van der Waals surface area contributed by atoms with Crippen LogP contribution in [0.5, 0.6) is 0 Å². The molecule has 2 amide bonds. The summed E-state index contributed by atoms with van der Waals surface area (Å²) >= 11 is 0. The van der Waals surface area contributed by atoms with Crippen LogP contribution in [0.15, 0.2) is 0 Å². The Hall–Kier alpha value is -1.08. The Balaban J connectivity index is 2.44. The zero-order chi connectivity index (χ0) is 20.6. The SMILES string of the molecule is CC(C)[C@H](N)C(=O)N[C@H](C)C(=O)NC[C@H](O)CC(C1CCCCC1)[P+](=O)O. The van der Waals surface area contributed by atoms with Crippen LogP contribution < -0.4 is 16.4 Å². The molecule has 9 heteroatoms. The van der Waals surface area contributed by atoms with Crippen LogP contribution in [0.2, 0.25) is 0 Å². The molecule has 0 aromatic rings. The Kier molecular flexibility index (Phi) is 10.4. The first-order valence-corrected chi connectivity index (χ1v) is 11.1. The van der Waals surface area contributed by atoms with Gasteiger partial charge in [0.05, 0.1) is 12.1 Å². The van der Waals surface area contributed by atoms with Gasteiger partial charge in [0.2, 0.25) is 11.8 Å². The smallest absolute Gasteiger partial charge is 0.391 e. The topological polar surface area (TPSA) is 142 Å². The Morgan fingerprint density at radius 3 is 2.26 bits per heavy atom. The summed E-state index contributed by atoms with van der Waals surface area (Å²) in [7, 11) is -2.38. The van der Waals surface area contributed by atoms with Crippen molar-refractivity contribution >= 4 is 19.8 Å². The molecule has 6 N–H and O–H groups in total. The van der Waals surface area contributed by atoms with E-state index in [2.05, 4.69) is 10.6 Å². The molecule has 1 aliphatic rings. The molecule has 27 heavy (non-hydrogen) atoms. The summed E-state index contributed by atoms with van der Waals surface area (Å²) < 4.78 is 11.7. The van der Waals surface area contributed by atoms with E-state index in [0.29, 0.717) is 0 Å². The number of nitrogens with two attached hydrogens (primary N) is 1. The van der Waals surface area contributed by atoms with Gasteiger partial charge in [-0.2, -0.15) is 4.89 Å². The average Bonchev–Trinajstić information content (AvgIpc) is 2.63. The van der Waals surface area contributed by atoms with Crippen molar-refractivity contribution in [3.8, 4) is 0 Å². The Bertz CT molecular complexity index is 511. The molecule has 0 spiro atoms. The number of aliphatic hydroxyl groups is 1. The fraction of sp³-hybridized carbons (Fsp3) is 0.889. The number of nitrogens with one attached hydrogen (secondary N) is 2. The highest BCUT2D eigenvalue weighted by atomic mass is 31.1. The maximum atomic E-state index is 12.1. The monoisotopic (exact) mass is 404 g/mol. The van der Waals surface area contributed by atoms with Crippen LogP contribution in [-0.4, -0.2) is 52.2 Å². The third kappa shape index (κ3) is 8.21. The first-order valence-electron chi connectivity index (χ1n) is 9.80. The number of hydrogen-bond donors (Lipinski definition) is 5. The van der Waals surface area contributed by atoms with Gasteiger partial charge in [0, 0.05) is 18.9 Å². The summed E-state index contributed by atoms with van der Waals surface area (Å²) in [4.78, 5) is 33.6. The first-order chi connectivity index (χ1) is 12.6. The van der Waals surface area contributed by atoms with Crippen LogP contribution in [0.1, 0.15) is 59.3 Å². The van der Waals surface area contributed by atoms with Gasteiger partial charge in [0.25, 0.3) is 0 Å². The highest BCUT2D eigenvalue weighted by Gasteiger charge is 2.39. The van der Waals surface area contributed by atoms with E-state index >= 15 is 0 Å². The van der Waals surface area contributed by atoms with Gasteiger partial charge in [0.1, 0.15) is 6.04 Å². The number of carbonyl (C=O) groups excluding carboxylic acids is 2. The molecule has 8 nitrogen and oxygen atoms in total. The van der Waals surface area contributed by atoms with Gasteiger partial charge in [-0.3, -0.25) is 9.59 Å². The number of aliphatic hydroxyl groups excluding tert-OH is 1. The maximum absolute atomic E-state index is 12.1. The maximum Gasteiger partial charge on any atom is 0.509 e. The van der Waals surface area contributed by atoms with E-state index in [1.807, 2.05) is 13.8 Å². The van der Waals surface area contributed by atoms with Crippen molar-refractivity contribution in [2.45, 2.75) is 83.1 Å². The zero-order valence-corrected chi connectivity index (χ0v) is 17.5. The second-order valence-corrected chi connectivity index (χ2v) is 9.17. The van der Waals surface area contributed by atoms with Crippen molar-refractivity contribution in [3.05, 3.63) is 0 Å². The van der Waals surface area contributed by atoms with Gasteiger partial charge in [-0.1, -0.05) is 33.1 Å². The Morgan fingerprint density at radius 2 is 1.74 bits per heavy atom. The lowest BCUT2D eigenvalue weighted by Crippen LogP contribution is -2.52. The molecule has 1 saturated carbocycles. The van der Waals surface area contributed by atoms with Crippen LogP contribution in [0.4, 0.5) is 0 Å². The third-order valence-corrected chi connectivity index (χ3v) is 6.48. The minimum absolute atomic E-state index is 0.0261. The van der Waals surface area contributed by atoms with Gasteiger partial charge in [0.15, 0.2) is 5.66 Å². The highest BCUT2D eigenvalue weighted by molar-refractivity contribution is 7.38. The normalized spacial score (nSPS) is 20.5. The van der Waals surface area contributed by atoms with Gasteiger partial charge in [-0.25, -0.2) is 0 Å². The molecule has 1 fully saturated rings. The van der Waals surface area contributed by atoms with Crippen molar-refractivity contribution in [1.29, 1.82) is 0 Å². The number of hydrogen-bond acceptors (Lipinski definition) is 5. The molecule has 5 atom stereocenters. The molecular formula is C18H35N3O5P+. The molecule has 0 aromatic heterocycles. The van der Waals surface area contributed by atoms with Crippen molar-refractivity contribution in [1.82, 2.24) is 10.6 Å². The molecule has 0 bridgehead atoms. The summed E-state index contributed by atoms with van der Waals surface area (Å²) in [5.41, 5.74) is 5.30. The Labute approximate surface area is 162 Å². The number of amides is 2. The van der Waals surface area contributed by atoms with Gasteiger partial charge >= 0.3 is 8.03 Å². The van der Waals surface area contributed by atoms with E-state index in [9.17, 15) is 24.2 Å². The number of rotatable bonds is 10. The Morgan fingerprint density at radius 1 is 1.15 bits per heavy atom. The summed E-state index contributed by atoms with van der Waals surface area (Å²) in [5, 5.41) is 15.3. The summed E-state index contributed by atoms with van der Waals surface area (Å²) in [6.45, 7) is 5.16. The minimum Gasteiger partial charge on any atom is -0.391 e.